The Balaban J connectivity index is 1.91. The van der Waals surface area contributed by atoms with Crippen LogP contribution < -0.4 is 0 Å². The summed E-state index contributed by atoms with van der Waals surface area (Å²) in [5.74, 6) is 0.134. The molecule has 1 saturated heterocycles. The van der Waals surface area contributed by atoms with E-state index < -0.39 is 0 Å². The number of ether oxygens (including phenoxy) is 3. The molecule has 4 nitrogen and oxygen atoms in total. The summed E-state index contributed by atoms with van der Waals surface area (Å²) in [5.41, 5.74) is 1.19. The van der Waals surface area contributed by atoms with Crippen LogP contribution >= 0.6 is 0 Å². The highest BCUT2D eigenvalue weighted by molar-refractivity contribution is 5.73. The SMILES string of the molecule is C=CC[C@@H](C(=O)OCC)[C@@H]1CC[C@H](C[C@@H](CC(C)C)OCc2ccccc2)O1. The fourth-order valence-electron chi connectivity index (χ4n) is 3.87. The van der Waals surface area contributed by atoms with Crippen molar-refractivity contribution in [1.29, 1.82) is 0 Å². The van der Waals surface area contributed by atoms with Gasteiger partial charge in [0.2, 0.25) is 0 Å². The number of rotatable bonds is 12. The van der Waals surface area contributed by atoms with Crippen LogP contribution in [-0.2, 0) is 25.6 Å². The Kier molecular flexibility index (Phi) is 9.72. The largest absolute Gasteiger partial charge is 0.466 e. The number of hydrogen-bond acceptors (Lipinski definition) is 4. The fraction of sp³-hybridized carbons (Fsp3) is 0.625. The van der Waals surface area contributed by atoms with Crippen LogP contribution in [0.5, 0.6) is 0 Å². The van der Waals surface area contributed by atoms with Crippen molar-refractivity contribution < 1.29 is 19.0 Å². The molecule has 0 unspecified atom stereocenters. The van der Waals surface area contributed by atoms with E-state index in [1.165, 1.54) is 5.56 Å². The van der Waals surface area contributed by atoms with Gasteiger partial charge in [-0.1, -0.05) is 50.3 Å². The highest BCUT2D eigenvalue weighted by Gasteiger charge is 2.36. The van der Waals surface area contributed by atoms with Gasteiger partial charge in [-0.25, -0.2) is 0 Å². The molecule has 0 N–H and O–H groups in total. The molecule has 0 aromatic heterocycles. The highest BCUT2D eigenvalue weighted by atomic mass is 16.5. The van der Waals surface area contributed by atoms with Gasteiger partial charge < -0.3 is 14.2 Å². The summed E-state index contributed by atoms with van der Waals surface area (Å²) in [5, 5.41) is 0. The third-order valence-corrected chi connectivity index (χ3v) is 5.19. The lowest BCUT2D eigenvalue weighted by Gasteiger charge is -2.25. The van der Waals surface area contributed by atoms with Crippen molar-refractivity contribution in [3.05, 3.63) is 48.6 Å². The Morgan fingerprint density at radius 3 is 2.68 bits per heavy atom. The van der Waals surface area contributed by atoms with E-state index in [1.54, 1.807) is 6.08 Å². The van der Waals surface area contributed by atoms with Crippen LogP contribution in [0.15, 0.2) is 43.0 Å². The summed E-state index contributed by atoms with van der Waals surface area (Å²) in [6, 6.07) is 10.3. The number of carbonyl (C=O) groups excluding carboxylic acids is 1. The van der Waals surface area contributed by atoms with Crippen LogP contribution in [0.4, 0.5) is 0 Å². The quantitative estimate of drug-likeness (QED) is 0.359. The van der Waals surface area contributed by atoms with Gasteiger partial charge in [-0.15, -0.1) is 6.58 Å². The van der Waals surface area contributed by atoms with Crippen LogP contribution in [0.2, 0.25) is 0 Å². The minimum Gasteiger partial charge on any atom is -0.466 e. The normalized spacial score (nSPS) is 21.4. The molecule has 1 heterocycles. The molecule has 0 aliphatic carbocycles. The Morgan fingerprint density at radius 1 is 1.29 bits per heavy atom. The maximum atomic E-state index is 12.3. The van der Waals surface area contributed by atoms with E-state index >= 15 is 0 Å². The first-order valence-corrected chi connectivity index (χ1v) is 10.6. The van der Waals surface area contributed by atoms with Gasteiger partial charge in [0.25, 0.3) is 0 Å². The zero-order valence-corrected chi connectivity index (χ0v) is 17.6. The topological polar surface area (TPSA) is 44.8 Å². The maximum absolute atomic E-state index is 12.3. The van der Waals surface area contributed by atoms with Crippen LogP contribution in [0.1, 0.15) is 58.4 Å². The lowest BCUT2D eigenvalue weighted by Crippen LogP contribution is -2.31. The molecular formula is C24H36O4. The second-order valence-electron chi connectivity index (χ2n) is 8.04. The van der Waals surface area contributed by atoms with Crippen molar-refractivity contribution in [2.75, 3.05) is 6.61 Å². The van der Waals surface area contributed by atoms with Crippen LogP contribution in [0, 0.1) is 11.8 Å². The van der Waals surface area contributed by atoms with Crippen LogP contribution in [0.3, 0.4) is 0 Å². The average Bonchev–Trinajstić information content (AvgIpc) is 3.12. The highest BCUT2D eigenvalue weighted by Crippen LogP contribution is 2.32. The number of benzene rings is 1. The van der Waals surface area contributed by atoms with Crippen molar-refractivity contribution in [2.24, 2.45) is 11.8 Å². The van der Waals surface area contributed by atoms with Crippen LogP contribution in [-0.4, -0.2) is 30.9 Å². The Labute approximate surface area is 170 Å². The molecule has 4 atom stereocenters. The molecule has 1 aliphatic heterocycles. The van der Waals surface area contributed by atoms with Crippen molar-refractivity contribution in [3.8, 4) is 0 Å². The van der Waals surface area contributed by atoms with Gasteiger partial charge in [-0.05, 0) is 50.5 Å². The van der Waals surface area contributed by atoms with E-state index in [0.29, 0.717) is 25.6 Å². The standard InChI is InChI=1S/C24H36O4/c1-5-10-22(24(25)26-6-2)23-14-13-20(28-23)16-21(15-18(3)4)27-17-19-11-8-7-9-12-19/h5,7-9,11-12,18,20-23H,1,6,10,13-17H2,2-4H3/t20-,21-,22-,23+/m1/s1. The lowest BCUT2D eigenvalue weighted by molar-refractivity contribution is -0.153. The van der Waals surface area contributed by atoms with Crippen LogP contribution in [0.25, 0.3) is 0 Å². The number of allylic oxidation sites excluding steroid dienone is 1. The third kappa shape index (κ3) is 7.40. The summed E-state index contributed by atoms with van der Waals surface area (Å²) >= 11 is 0. The molecule has 2 rings (SSSR count). The summed E-state index contributed by atoms with van der Waals surface area (Å²) in [4.78, 5) is 12.3. The number of esters is 1. The Hall–Kier alpha value is -1.65. The number of hydrogen-bond donors (Lipinski definition) is 0. The molecular weight excluding hydrogens is 352 g/mol. The first-order valence-electron chi connectivity index (χ1n) is 10.6. The van der Waals surface area contributed by atoms with E-state index in [1.807, 2.05) is 25.1 Å². The first kappa shape index (κ1) is 22.6. The van der Waals surface area contributed by atoms with E-state index in [9.17, 15) is 4.79 Å². The van der Waals surface area contributed by atoms with Gasteiger partial charge in [-0.3, -0.25) is 4.79 Å². The van der Waals surface area contributed by atoms with E-state index in [2.05, 4.69) is 32.6 Å². The monoisotopic (exact) mass is 388 g/mol. The first-order chi connectivity index (χ1) is 13.5. The minimum absolute atomic E-state index is 0.0872. The summed E-state index contributed by atoms with van der Waals surface area (Å²) < 4.78 is 17.8. The smallest absolute Gasteiger partial charge is 0.311 e. The minimum atomic E-state index is -0.253. The Morgan fingerprint density at radius 2 is 2.04 bits per heavy atom. The van der Waals surface area contributed by atoms with Crippen molar-refractivity contribution in [3.63, 3.8) is 0 Å². The van der Waals surface area contributed by atoms with Gasteiger partial charge in [0.15, 0.2) is 0 Å². The zero-order valence-electron chi connectivity index (χ0n) is 17.6. The molecule has 28 heavy (non-hydrogen) atoms. The predicted octanol–water partition coefficient (Wildman–Crippen LogP) is 5.31. The molecule has 0 radical (unpaired) electrons. The summed E-state index contributed by atoms with van der Waals surface area (Å²) in [6.45, 7) is 11.1. The predicted molar refractivity (Wildman–Crippen MR) is 112 cm³/mol. The lowest BCUT2D eigenvalue weighted by atomic mass is 9.95. The average molecular weight is 389 g/mol. The Bertz CT molecular complexity index is 584. The maximum Gasteiger partial charge on any atom is 0.311 e. The molecule has 156 valence electrons. The fourth-order valence-corrected chi connectivity index (χ4v) is 3.87. The third-order valence-electron chi connectivity index (χ3n) is 5.19. The van der Waals surface area contributed by atoms with Gasteiger partial charge in [0.1, 0.15) is 0 Å². The molecule has 1 fully saturated rings. The second kappa shape index (κ2) is 12.0. The van der Waals surface area contributed by atoms with Crippen molar-refractivity contribution in [2.45, 2.75) is 77.8 Å². The molecule has 1 aliphatic rings. The van der Waals surface area contributed by atoms with Crippen molar-refractivity contribution in [1.82, 2.24) is 0 Å². The molecule has 1 aromatic rings. The second-order valence-corrected chi connectivity index (χ2v) is 8.04. The van der Waals surface area contributed by atoms with Gasteiger partial charge in [0.05, 0.1) is 37.4 Å². The van der Waals surface area contributed by atoms with Gasteiger partial charge in [-0.2, -0.15) is 0 Å². The molecule has 0 spiro atoms. The van der Waals surface area contributed by atoms with Gasteiger partial charge in [0, 0.05) is 0 Å². The molecule has 0 amide bonds. The molecule has 1 aromatic carbocycles. The molecule has 0 bridgehead atoms. The zero-order chi connectivity index (χ0) is 20.4. The molecule has 0 saturated carbocycles. The van der Waals surface area contributed by atoms with E-state index in [4.69, 9.17) is 14.2 Å². The van der Waals surface area contributed by atoms with Gasteiger partial charge >= 0.3 is 5.97 Å². The summed E-state index contributed by atoms with van der Waals surface area (Å²) in [6.07, 6.45) is 6.29. The van der Waals surface area contributed by atoms with E-state index in [-0.39, 0.29) is 30.2 Å². The molecule has 4 heteroatoms. The van der Waals surface area contributed by atoms with E-state index in [0.717, 1.165) is 25.7 Å². The summed E-state index contributed by atoms with van der Waals surface area (Å²) in [7, 11) is 0. The van der Waals surface area contributed by atoms with Crippen molar-refractivity contribution >= 4 is 5.97 Å². The number of carbonyl (C=O) groups is 1.